The molecule has 20 heavy (non-hydrogen) atoms. The van der Waals surface area contributed by atoms with Gasteiger partial charge in [-0.25, -0.2) is 14.1 Å². The highest BCUT2D eigenvalue weighted by Crippen LogP contribution is 2.32. The van der Waals surface area contributed by atoms with Crippen molar-refractivity contribution < 1.29 is 4.39 Å². The van der Waals surface area contributed by atoms with Crippen LogP contribution in [0.2, 0.25) is 10.0 Å². The highest BCUT2D eigenvalue weighted by molar-refractivity contribution is 6.38. The number of pyridine rings is 1. The summed E-state index contributed by atoms with van der Waals surface area (Å²) in [6.07, 6.45) is 2.53. The van der Waals surface area contributed by atoms with E-state index < -0.39 is 5.82 Å². The Morgan fingerprint density at radius 2 is 1.80 bits per heavy atom. The lowest BCUT2D eigenvalue weighted by Gasteiger charge is -2.07. The molecule has 0 saturated carbocycles. The fourth-order valence-electron chi connectivity index (χ4n) is 1.91. The minimum atomic E-state index is -0.573. The molecule has 0 aliphatic rings. The monoisotopic (exact) mass is 311 g/mol. The Balaban J connectivity index is 2.31. The van der Waals surface area contributed by atoms with Crippen LogP contribution in [0.15, 0.2) is 24.5 Å². The zero-order valence-corrected chi connectivity index (χ0v) is 11.5. The van der Waals surface area contributed by atoms with Gasteiger partial charge in [0, 0.05) is 11.9 Å². The smallest absolute Gasteiger partial charge is 0.169 e. The normalized spacial score (nSPS) is 11.2. The first-order valence-corrected chi connectivity index (χ1v) is 6.27. The summed E-state index contributed by atoms with van der Waals surface area (Å²) in [5, 5.41) is 5.09. The Kier molecular flexibility index (Phi) is 2.92. The lowest BCUT2D eigenvalue weighted by Crippen LogP contribution is -1.98. The summed E-state index contributed by atoms with van der Waals surface area (Å²) in [4.78, 5) is 3.74. The molecule has 0 fully saturated rings. The number of halogens is 3. The van der Waals surface area contributed by atoms with Crippen molar-refractivity contribution in [3.05, 3.63) is 40.4 Å². The largest absolute Gasteiger partial charge is 0.399 e. The Hall–Kier alpha value is -2.05. The van der Waals surface area contributed by atoms with Crippen LogP contribution in [-0.2, 0) is 0 Å². The fraction of sp³-hybridized carbons (Fsp3) is 0. The van der Waals surface area contributed by atoms with Gasteiger partial charge in [-0.3, -0.25) is 0 Å². The van der Waals surface area contributed by atoms with Crippen LogP contribution in [0.1, 0.15) is 0 Å². The van der Waals surface area contributed by atoms with Gasteiger partial charge in [0.25, 0.3) is 0 Å². The van der Waals surface area contributed by atoms with Crippen molar-refractivity contribution in [2.45, 2.75) is 0 Å². The molecule has 0 radical (unpaired) electrons. The molecule has 0 unspecified atom stereocenters. The first-order valence-electron chi connectivity index (χ1n) is 5.51. The van der Waals surface area contributed by atoms with Gasteiger partial charge in [-0.05, 0) is 12.1 Å². The number of aromatic nitrogens is 3. The summed E-state index contributed by atoms with van der Waals surface area (Å²) in [6.45, 7) is 0. The van der Waals surface area contributed by atoms with E-state index in [4.69, 9.17) is 34.7 Å². The summed E-state index contributed by atoms with van der Waals surface area (Å²) >= 11 is 12.2. The number of benzene rings is 1. The van der Waals surface area contributed by atoms with Gasteiger partial charge in [-0.15, -0.1) is 0 Å². The molecule has 3 aromatic rings. The highest BCUT2D eigenvalue weighted by Gasteiger charge is 2.15. The SMILES string of the molecule is Nc1cc(Cl)c(-n2cc3c(N)ncc(F)c3n2)c(Cl)c1. The minimum absolute atomic E-state index is 0.0986. The van der Waals surface area contributed by atoms with Gasteiger partial charge < -0.3 is 11.5 Å². The van der Waals surface area contributed by atoms with Gasteiger partial charge in [0.2, 0.25) is 0 Å². The Morgan fingerprint density at radius 3 is 2.40 bits per heavy atom. The van der Waals surface area contributed by atoms with E-state index in [0.29, 0.717) is 26.8 Å². The Labute approximate surface area is 122 Å². The second-order valence-corrected chi connectivity index (χ2v) is 4.97. The second kappa shape index (κ2) is 4.50. The molecule has 0 aliphatic carbocycles. The average Bonchev–Trinajstić information content (AvgIpc) is 2.78. The van der Waals surface area contributed by atoms with Gasteiger partial charge in [-0.2, -0.15) is 5.10 Å². The van der Waals surface area contributed by atoms with Gasteiger partial charge in [-0.1, -0.05) is 23.2 Å². The van der Waals surface area contributed by atoms with Gasteiger partial charge >= 0.3 is 0 Å². The maximum absolute atomic E-state index is 13.7. The van der Waals surface area contributed by atoms with Crippen molar-refractivity contribution in [2.75, 3.05) is 11.5 Å². The average molecular weight is 312 g/mol. The zero-order chi connectivity index (χ0) is 14.4. The van der Waals surface area contributed by atoms with E-state index in [9.17, 15) is 4.39 Å². The third-order valence-electron chi connectivity index (χ3n) is 2.80. The van der Waals surface area contributed by atoms with Crippen LogP contribution in [0, 0.1) is 5.82 Å². The molecule has 8 heteroatoms. The fourth-order valence-corrected chi connectivity index (χ4v) is 2.59. The molecule has 1 aromatic carbocycles. The van der Waals surface area contributed by atoms with Crippen LogP contribution in [0.3, 0.4) is 0 Å². The summed E-state index contributed by atoms with van der Waals surface area (Å²) in [5.74, 6) is -0.397. The van der Waals surface area contributed by atoms with E-state index >= 15 is 0 Å². The number of nitrogen functional groups attached to an aromatic ring is 2. The Bertz CT molecular complexity index is 768. The number of anilines is 2. The van der Waals surface area contributed by atoms with Crippen molar-refractivity contribution in [1.82, 2.24) is 14.8 Å². The third kappa shape index (κ3) is 1.93. The van der Waals surface area contributed by atoms with Crippen molar-refractivity contribution in [3.8, 4) is 5.69 Å². The molecule has 0 spiro atoms. The molecule has 0 amide bonds. The maximum Gasteiger partial charge on any atom is 0.169 e. The molecule has 102 valence electrons. The number of rotatable bonds is 1. The van der Waals surface area contributed by atoms with Crippen LogP contribution >= 0.6 is 23.2 Å². The van der Waals surface area contributed by atoms with Crippen LogP contribution in [0.5, 0.6) is 0 Å². The van der Waals surface area contributed by atoms with E-state index in [-0.39, 0.29) is 11.3 Å². The molecule has 5 nitrogen and oxygen atoms in total. The predicted octanol–water partition coefficient (Wildman–Crippen LogP) is 3.03. The quantitative estimate of drug-likeness (QED) is 0.677. The predicted molar refractivity (Wildman–Crippen MR) is 77.7 cm³/mol. The van der Waals surface area contributed by atoms with Crippen molar-refractivity contribution in [3.63, 3.8) is 0 Å². The van der Waals surface area contributed by atoms with E-state index in [0.717, 1.165) is 6.20 Å². The first-order chi connectivity index (χ1) is 9.47. The molecule has 0 saturated heterocycles. The number of nitrogens with zero attached hydrogens (tertiary/aromatic N) is 3. The van der Waals surface area contributed by atoms with Crippen molar-refractivity contribution >= 4 is 45.6 Å². The van der Waals surface area contributed by atoms with E-state index in [1.54, 1.807) is 0 Å². The molecular formula is C12H8Cl2FN5. The van der Waals surface area contributed by atoms with E-state index in [1.165, 1.54) is 23.0 Å². The van der Waals surface area contributed by atoms with Gasteiger partial charge in [0.15, 0.2) is 5.82 Å². The molecule has 4 N–H and O–H groups in total. The molecule has 2 aromatic heterocycles. The topological polar surface area (TPSA) is 82.8 Å². The first kappa shape index (κ1) is 13.0. The molecule has 0 atom stereocenters. The molecule has 0 aliphatic heterocycles. The zero-order valence-electron chi connectivity index (χ0n) is 9.94. The van der Waals surface area contributed by atoms with E-state index in [2.05, 4.69) is 10.1 Å². The maximum atomic E-state index is 13.7. The standard InChI is InChI=1S/C12H8Cl2FN5/c13-7-1-5(16)2-8(14)11(7)20-4-6-10(19-20)9(15)3-18-12(6)17/h1-4H,16H2,(H2,17,18). The molecule has 0 bridgehead atoms. The molecular weight excluding hydrogens is 304 g/mol. The summed E-state index contributed by atoms with van der Waals surface area (Å²) in [5.41, 5.74) is 12.3. The summed E-state index contributed by atoms with van der Waals surface area (Å²) < 4.78 is 15.0. The Morgan fingerprint density at radius 1 is 1.15 bits per heavy atom. The lowest BCUT2D eigenvalue weighted by molar-refractivity contribution is 0.629. The van der Waals surface area contributed by atoms with Crippen molar-refractivity contribution in [2.24, 2.45) is 0 Å². The summed E-state index contributed by atoms with van der Waals surface area (Å²) in [7, 11) is 0. The number of nitrogens with two attached hydrogens (primary N) is 2. The van der Waals surface area contributed by atoms with Gasteiger partial charge in [0.05, 0.1) is 21.6 Å². The van der Waals surface area contributed by atoms with Crippen LogP contribution in [0.25, 0.3) is 16.6 Å². The van der Waals surface area contributed by atoms with E-state index in [1.807, 2.05) is 0 Å². The summed E-state index contributed by atoms with van der Waals surface area (Å²) in [6, 6.07) is 3.07. The van der Waals surface area contributed by atoms with Crippen LogP contribution in [0.4, 0.5) is 15.9 Å². The van der Waals surface area contributed by atoms with Gasteiger partial charge in [0.1, 0.15) is 17.0 Å². The molecule has 3 rings (SSSR count). The van der Waals surface area contributed by atoms with Crippen LogP contribution < -0.4 is 11.5 Å². The number of fused-ring (bicyclic) bond motifs is 1. The minimum Gasteiger partial charge on any atom is -0.399 e. The van der Waals surface area contributed by atoms with Crippen molar-refractivity contribution in [1.29, 1.82) is 0 Å². The highest BCUT2D eigenvalue weighted by atomic mass is 35.5. The third-order valence-corrected chi connectivity index (χ3v) is 3.38. The number of hydrogen-bond donors (Lipinski definition) is 2. The molecule has 2 heterocycles. The lowest BCUT2D eigenvalue weighted by atomic mass is 10.3. The number of hydrogen-bond acceptors (Lipinski definition) is 4. The van der Waals surface area contributed by atoms with Crippen LogP contribution in [-0.4, -0.2) is 14.8 Å². The second-order valence-electron chi connectivity index (χ2n) is 4.16.